The Bertz CT molecular complexity index is 1030. The molecule has 9 heteroatoms. The van der Waals surface area contributed by atoms with Gasteiger partial charge in [-0.05, 0) is 35.9 Å². The summed E-state index contributed by atoms with van der Waals surface area (Å²) in [6.45, 7) is 4.23. The predicted molar refractivity (Wildman–Crippen MR) is 120 cm³/mol. The number of ether oxygens (including phenoxy) is 2. The van der Waals surface area contributed by atoms with Crippen molar-refractivity contribution in [2.75, 3.05) is 31.6 Å². The van der Waals surface area contributed by atoms with Gasteiger partial charge in [-0.1, -0.05) is 41.4 Å². The predicted octanol–water partition coefficient (Wildman–Crippen LogP) is 4.31. The summed E-state index contributed by atoms with van der Waals surface area (Å²) in [6, 6.07) is 14.6. The Labute approximate surface area is 190 Å². The molecule has 0 radical (unpaired) electrons. The van der Waals surface area contributed by atoms with E-state index >= 15 is 0 Å². The van der Waals surface area contributed by atoms with Crippen molar-refractivity contribution in [1.29, 1.82) is 0 Å². The van der Waals surface area contributed by atoms with Crippen molar-refractivity contribution in [1.82, 2.24) is 14.7 Å². The third kappa shape index (κ3) is 5.77. The summed E-state index contributed by atoms with van der Waals surface area (Å²) in [6.07, 6.45) is 1.66. The summed E-state index contributed by atoms with van der Waals surface area (Å²) in [5, 5.41) is 7.99. The van der Waals surface area contributed by atoms with Gasteiger partial charge in [-0.25, -0.2) is 4.68 Å². The van der Waals surface area contributed by atoms with E-state index in [-0.39, 0.29) is 18.3 Å². The number of morpholine rings is 1. The maximum absolute atomic E-state index is 12.6. The van der Waals surface area contributed by atoms with Gasteiger partial charge in [-0.3, -0.25) is 9.69 Å². The molecule has 1 fully saturated rings. The Morgan fingerprint density at radius 3 is 2.61 bits per heavy atom. The monoisotopic (exact) mass is 460 g/mol. The second-order valence-corrected chi connectivity index (χ2v) is 7.92. The molecule has 1 aromatic heterocycles. The lowest BCUT2D eigenvalue weighted by Gasteiger charge is -2.26. The van der Waals surface area contributed by atoms with Crippen molar-refractivity contribution >= 4 is 34.8 Å². The number of carbonyl (C=O) groups is 1. The average molecular weight is 461 g/mol. The fourth-order valence-electron chi connectivity index (χ4n) is 3.27. The maximum Gasteiger partial charge on any atom is 0.276 e. The third-order valence-electron chi connectivity index (χ3n) is 4.83. The number of hydrogen-bond acceptors (Lipinski definition) is 5. The van der Waals surface area contributed by atoms with Crippen LogP contribution in [-0.4, -0.2) is 46.9 Å². The van der Waals surface area contributed by atoms with Crippen LogP contribution in [0.3, 0.4) is 0 Å². The molecule has 1 aliphatic heterocycles. The molecule has 162 valence electrons. The Morgan fingerprint density at radius 2 is 1.84 bits per heavy atom. The molecule has 3 aromatic rings. The molecule has 0 bridgehead atoms. The van der Waals surface area contributed by atoms with Gasteiger partial charge in [0.15, 0.2) is 18.2 Å². The number of nitrogens with one attached hydrogen (secondary N) is 1. The first kappa shape index (κ1) is 21.6. The van der Waals surface area contributed by atoms with Crippen molar-refractivity contribution < 1.29 is 14.3 Å². The van der Waals surface area contributed by atoms with E-state index < -0.39 is 0 Å². The first-order valence-corrected chi connectivity index (χ1v) is 10.6. The van der Waals surface area contributed by atoms with E-state index in [1.807, 2.05) is 18.2 Å². The molecular formula is C22H22Cl2N4O3. The van der Waals surface area contributed by atoms with Gasteiger partial charge in [0.2, 0.25) is 0 Å². The SMILES string of the molecule is O=C(Nc1cccc(CN2CCOCC2)c1)c1ccn(COc2c(Cl)cccc2Cl)n1. The zero-order chi connectivity index (χ0) is 21.6. The minimum absolute atomic E-state index is 0.0752. The van der Waals surface area contributed by atoms with Gasteiger partial charge in [0.25, 0.3) is 5.91 Å². The molecule has 2 aromatic carbocycles. The number of para-hydroxylation sites is 1. The third-order valence-corrected chi connectivity index (χ3v) is 5.42. The number of rotatable bonds is 7. The van der Waals surface area contributed by atoms with Crippen molar-refractivity contribution in [3.8, 4) is 5.75 Å². The first-order chi connectivity index (χ1) is 15.1. The summed E-state index contributed by atoms with van der Waals surface area (Å²) in [4.78, 5) is 14.9. The van der Waals surface area contributed by atoms with E-state index in [1.165, 1.54) is 4.68 Å². The smallest absolute Gasteiger partial charge is 0.276 e. The van der Waals surface area contributed by atoms with E-state index in [0.717, 1.165) is 44.1 Å². The van der Waals surface area contributed by atoms with Crippen LogP contribution in [0.25, 0.3) is 0 Å². The standard InChI is InChI=1S/C22H22Cl2N4O3/c23-18-5-2-6-19(24)21(18)31-15-28-8-7-20(26-28)22(29)25-17-4-1-3-16(13-17)14-27-9-11-30-12-10-27/h1-8,13H,9-12,14-15H2,(H,25,29). The van der Waals surface area contributed by atoms with E-state index in [0.29, 0.717) is 15.8 Å². The second-order valence-electron chi connectivity index (χ2n) is 7.11. The topological polar surface area (TPSA) is 68.6 Å². The number of nitrogens with zero attached hydrogens (tertiary/aromatic N) is 3. The Balaban J connectivity index is 1.35. The maximum atomic E-state index is 12.6. The number of aromatic nitrogens is 2. The largest absolute Gasteiger partial charge is 0.468 e. The molecule has 7 nitrogen and oxygen atoms in total. The zero-order valence-electron chi connectivity index (χ0n) is 16.8. The molecule has 0 saturated carbocycles. The van der Waals surface area contributed by atoms with Crippen LogP contribution in [-0.2, 0) is 18.0 Å². The van der Waals surface area contributed by atoms with Gasteiger partial charge in [-0.15, -0.1) is 0 Å². The van der Waals surface area contributed by atoms with Crippen molar-refractivity contribution in [3.63, 3.8) is 0 Å². The molecule has 1 aliphatic rings. The highest BCUT2D eigenvalue weighted by Gasteiger charge is 2.13. The minimum atomic E-state index is -0.293. The number of halogens is 2. The molecule has 31 heavy (non-hydrogen) atoms. The highest BCUT2D eigenvalue weighted by molar-refractivity contribution is 6.37. The van der Waals surface area contributed by atoms with Crippen LogP contribution in [0.1, 0.15) is 16.1 Å². The van der Waals surface area contributed by atoms with Crippen LogP contribution in [0.5, 0.6) is 5.75 Å². The number of benzene rings is 2. The fraction of sp³-hybridized carbons (Fsp3) is 0.273. The van der Waals surface area contributed by atoms with Crippen LogP contribution in [0.2, 0.25) is 10.0 Å². The van der Waals surface area contributed by atoms with Crippen LogP contribution in [0.4, 0.5) is 5.69 Å². The Kier molecular flexibility index (Phi) is 7.09. The van der Waals surface area contributed by atoms with Crippen molar-refractivity contribution in [2.45, 2.75) is 13.3 Å². The lowest BCUT2D eigenvalue weighted by atomic mass is 10.2. The van der Waals surface area contributed by atoms with Crippen LogP contribution < -0.4 is 10.1 Å². The first-order valence-electron chi connectivity index (χ1n) is 9.89. The van der Waals surface area contributed by atoms with Crippen LogP contribution >= 0.6 is 23.2 Å². The van der Waals surface area contributed by atoms with E-state index in [9.17, 15) is 4.79 Å². The fourth-order valence-corrected chi connectivity index (χ4v) is 3.77. The van der Waals surface area contributed by atoms with Gasteiger partial charge in [0, 0.05) is 31.5 Å². The number of carbonyl (C=O) groups excluding carboxylic acids is 1. The Morgan fingerprint density at radius 1 is 1.10 bits per heavy atom. The van der Waals surface area contributed by atoms with E-state index in [2.05, 4.69) is 21.4 Å². The van der Waals surface area contributed by atoms with Gasteiger partial charge in [0.05, 0.1) is 23.3 Å². The van der Waals surface area contributed by atoms with E-state index in [4.69, 9.17) is 32.7 Å². The van der Waals surface area contributed by atoms with Gasteiger partial charge in [0.1, 0.15) is 0 Å². The molecule has 2 heterocycles. The van der Waals surface area contributed by atoms with Gasteiger partial charge < -0.3 is 14.8 Å². The molecule has 1 N–H and O–H groups in total. The summed E-state index contributed by atoms with van der Waals surface area (Å²) < 4.78 is 12.5. The van der Waals surface area contributed by atoms with Crippen LogP contribution in [0, 0.1) is 0 Å². The lowest BCUT2D eigenvalue weighted by molar-refractivity contribution is 0.0342. The molecule has 0 atom stereocenters. The summed E-state index contributed by atoms with van der Waals surface area (Å²) in [7, 11) is 0. The zero-order valence-corrected chi connectivity index (χ0v) is 18.3. The number of hydrogen-bond donors (Lipinski definition) is 1. The number of amides is 1. The van der Waals surface area contributed by atoms with Crippen molar-refractivity contribution in [2.24, 2.45) is 0 Å². The normalized spacial score (nSPS) is 14.4. The molecule has 1 amide bonds. The average Bonchev–Trinajstić information content (AvgIpc) is 3.24. The molecule has 0 spiro atoms. The summed E-state index contributed by atoms with van der Waals surface area (Å²) in [5.74, 6) is 0.0856. The second kappa shape index (κ2) is 10.2. The highest BCUT2D eigenvalue weighted by Crippen LogP contribution is 2.32. The quantitative estimate of drug-likeness (QED) is 0.568. The van der Waals surface area contributed by atoms with Crippen LogP contribution in [0.15, 0.2) is 54.7 Å². The minimum Gasteiger partial charge on any atom is -0.468 e. The van der Waals surface area contributed by atoms with E-state index in [1.54, 1.807) is 30.5 Å². The number of anilines is 1. The lowest BCUT2D eigenvalue weighted by Crippen LogP contribution is -2.35. The highest BCUT2D eigenvalue weighted by atomic mass is 35.5. The van der Waals surface area contributed by atoms with Gasteiger partial charge in [-0.2, -0.15) is 5.10 Å². The molecule has 1 saturated heterocycles. The molecule has 0 unspecified atom stereocenters. The summed E-state index contributed by atoms with van der Waals surface area (Å²) >= 11 is 12.2. The Hall–Kier alpha value is -2.58. The summed E-state index contributed by atoms with van der Waals surface area (Å²) in [5.41, 5.74) is 2.15. The molecular weight excluding hydrogens is 439 g/mol. The van der Waals surface area contributed by atoms with Gasteiger partial charge >= 0.3 is 0 Å². The molecule has 4 rings (SSSR count). The molecule has 0 aliphatic carbocycles. The van der Waals surface area contributed by atoms with Crippen molar-refractivity contribution in [3.05, 3.63) is 76.0 Å².